The molecule has 168 valence electrons. The van der Waals surface area contributed by atoms with Crippen LogP contribution in [0.2, 0.25) is 0 Å². The van der Waals surface area contributed by atoms with Gasteiger partial charge < -0.3 is 9.47 Å². The Hall–Kier alpha value is -2.10. The van der Waals surface area contributed by atoms with Gasteiger partial charge >= 0.3 is 5.97 Å². The number of imide groups is 1. The highest BCUT2D eigenvalue weighted by molar-refractivity contribution is 9.11. The molecule has 0 atom stereocenters. The number of hydrogen-bond acceptors (Lipinski definition) is 6. The molecule has 0 unspecified atom stereocenters. The summed E-state index contributed by atoms with van der Waals surface area (Å²) in [6.45, 7) is 5.44. The largest absolute Gasteiger partial charge is 0.487 e. The molecule has 0 aromatic heterocycles. The van der Waals surface area contributed by atoms with Gasteiger partial charge in [0.15, 0.2) is 0 Å². The van der Waals surface area contributed by atoms with Gasteiger partial charge in [-0.25, -0.2) is 0 Å². The first kappa shape index (κ1) is 24.5. The molecule has 2 aromatic rings. The number of amides is 2. The zero-order chi connectivity index (χ0) is 23.4. The number of aryl methyl sites for hydroxylation is 1. The molecule has 1 aliphatic rings. The summed E-state index contributed by atoms with van der Waals surface area (Å²) in [4.78, 5) is 37.8. The second-order valence-corrected chi connectivity index (χ2v) is 10.1. The van der Waals surface area contributed by atoms with E-state index >= 15 is 0 Å². The van der Waals surface area contributed by atoms with Gasteiger partial charge in [-0.05, 0) is 93.7 Å². The average molecular weight is 583 g/mol. The Morgan fingerprint density at radius 3 is 2.34 bits per heavy atom. The van der Waals surface area contributed by atoms with Gasteiger partial charge in [0.25, 0.3) is 11.1 Å². The van der Waals surface area contributed by atoms with E-state index in [1.165, 1.54) is 5.56 Å². The number of thioether (sulfide) groups is 1. The molecular weight excluding hydrogens is 562 g/mol. The summed E-state index contributed by atoms with van der Waals surface area (Å²) in [5, 5.41) is -0.502. The Bertz CT molecular complexity index is 1060. The molecule has 1 heterocycles. The topological polar surface area (TPSA) is 72.9 Å². The number of rotatable bonds is 7. The monoisotopic (exact) mass is 581 g/mol. The Morgan fingerprint density at radius 1 is 1.12 bits per heavy atom. The molecule has 32 heavy (non-hydrogen) atoms. The van der Waals surface area contributed by atoms with Gasteiger partial charge in [0.1, 0.15) is 18.9 Å². The third kappa shape index (κ3) is 6.24. The van der Waals surface area contributed by atoms with Crippen LogP contribution < -0.4 is 4.74 Å². The van der Waals surface area contributed by atoms with Gasteiger partial charge in [-0.15, -0.1) is 0 Å². The molecule has 0 N–H and O–H groups in total. The maximum atomic E-state index is 12.6. The van der Waals surface area contributed by atoms with E-state index in [4.69, 9.17) is 9.47 Å². The van der Waals surface area contributed by atoms with E-state index in [1.54, 1.807) is 32.1 Å². The van der Waals surface area contributed by atoms with Gasteiger partial charge in [-0.3, -0.25) is 19.3 Å². The SMILES string of the molecule is Cc1ccc(COc2c(Br)cc(/C=C3\SC(=O)N(CC(=O)OC(C)C)C3=O)cc2Br)cc1. The minimum Gasteiger partial charge on any atom is -0.487 e. The zero-order valence-corrected chi connectivity index (χ0v) is 21.7. The fourth-order valence-corrected chi connectivity index (χ4v) is 5.15. The van der Waals surface area contributed by atoms with E-state index in [2.05, 4.69) is 31.9 Å². The van der Waals surface area contributed by atoms with Crippen LogP contribution >= 0.6 is 43.6 Å². The lowest BCUT2D eigenvalue weighted by Gasteiger charge is -2.13. The highest BCUT2D eigenvalue weighted by Crippen LogP contribution is 2.38. The second kappa shape index (κ2) is 10.7. The number of halogens is 2. The van der Waals surface area contributed by atoms with E-state index in [-0.39, 0.29) is 11.0 Å². The molecule has 0 saturated carbocycles. The minimum absolute atomic E-state index is 0.236. The lowest BCUT2D eigenvalue weighted by Crippen LogP contribution is -2.35. The fourth-order valence-electron chi connectivity index (χ4n) is 2.86. The summed E-state index contributed by atoms with van der Waals surface area (Å²) in [7, 11) is 0. The number of benzene rings is 2. The molecule has 0 radical (unpaired) electrons. The van der Waals surface area contributed by atoms with Crippen LogP contribution in [0.3, 0.4) is 0 Å². The molecule has 0 bridgehead atoms. The van der Waals surface area contributed by atoms with Crippen molar-refractivity contribution < 1.29 is 23.9 Å². The highest BCUT2D eigenvalue weighted by atomic mass is 79.9. The van der Waals surface area contributed by atoms with Crippen molar-refractivity contribution in [3.8, 4) is 5.75 Å². The third-order valence-electron chi connectivity index (χ3n) is 4.35. The molecule has 1 aliphatic heterocycles. The first-order valence-corrected chi connectivity index (χ1v) is 12.2. The predicted octanol–water partition coefficient (Wildman–Crippen LogP) is 6.09. The first-order chi connectivity index (χ1) is 15.1. The number of carbonyl (C=O) groups excluding carboxylic acids is 3. The fraction of sp³-hybridized carbons (Fsp3) is 0.261. The van der Waals surface area contributed by atoms with Crippen LogP contribution in [0.25, 0.3) is 6.08 Å². The van der Waals surface area contributed by atoms with E-state index in [1.807, 2.05) is 31.2 Å². The first-order valence-electron chi connectivity index (χ1n) is 9.76. The molecular formula is C23H21Br2NO5S. The van der Waals surface area contributed by atoms with Crippen molar-refractivity contribution in [3.63, 3.8) is 0 Å². The van der Waals surface area contributed by atoms with Gasteiger partial charge in [0.05, 0.1) is 20.0 Å². The predicted molar refractivity (Wildman–Crippen MR) is 131 cm³/mol. The maximum absolute atomic E-state index is 12.6. The molecule has 2 amide bonds. The van der Waals surface area contributed by atoms with E-state index in [0.29, 0.717) is 26.9 Å². The molecule has 1 saturated heterocycles. The molecule has 0 spiro atoms. The minimum atomic E-state index is -0.621. The Morgan fingerprint density at radius 2 is 1.75 bits per heavy atom. The number of hydrogen-bond donors (Lipinski definition) is 0. The molecule has 6 nitrogen and oxygen atoms in total. The van der Waals surface area contributed by atoms with Crippen molar-refractivity contribution in [1.82, 2.24) is 4.90 Å². The van der Waals surface area contributed by atoms with Crippen LogP contribution in [0.4, 0.5) is 4.79 Å². The lowest BCUT2D eigenvalue weighted by molar-refractivity contribution is -0.149. The number of esters is 1. The average Bonchev–Trinajstić information content (AvgIpc) is 2.95. The summed E-state index contributed by atoms with van der Waals surface area (Å²) in [5.41, 5.74) is 2.92. The molecule has 0 aliphatic carbocycles. The van der Waals surface area contributed by atoms with Crippen molar-refractivity contribution in [2.24, 2.45) is 0 Å². The van der Waals surface area contributed by atoms with Crippen molar-refractivity contribution in [1.29, 1.82) is 0 Å². The molecule has 9 heteroatoms. The maximum Gasteiger partial charge on any atom is 0.326 e. The summed E-state index contributed by atoms with van der Waals surface area (Å²) in [5.74, 6) is -0.510. The van der Waals surface area contributed by atoms with Crippen molar-refractivity contribution in [2.45, 2.75) is 33.5 Å². The van der Waals surface area contributed by atoms with Gasteiger partial charge in [-0.2, -0.15) is 0 Å². The summed E-state index contributed by atoms with van der Waals surface area (Å²) in [6.07, 6.45) is 1.29. The van der Waals surface area contributed by atoms with Crippen molar-refractivity contribution in [3.05, 3.63) is 66.9 Å². The van der Waals surface area contributed by atoms with Crippen molar-refractivity contribution >= 4 is 66.8 Å². The van der Waals surface area contributed by atoms with E-state index < -0.39 is 23.7 Å². The quantitative estimate of drug-likeness (QED) is 0.291. The van der Waals surface area contributed by atoms with Gasteiger partial charge in [0.2, 0.25) is 0 Å². The molecule has 1 fully saturated rings. The van der Waals surface area contributed by atoms with Crippen LogP contribution in [0.1, 0.15) is 30.5 Å². The van der Waals surface area contributed by atoms with E-state index in [0.717, 1.165) is 22.2 Å². The standard InChI is InChI=1S/C23H21Br2NO5S/c1-13(2)31-20(27)11-26-22(28)19(32-23(26)29)10-16-8-17(24)21(18(25)9-16)30-12-15-6-4-14(3)5-7-15/h4-10,13H,11-12H2,1-3H3/b19-10-. The van der Waals surface area contributed by atoms with Crippen LogP contribution in [0, 0.1) is 6.92 Å². The Labute approximate surface area is 207 Å². The second-order valence-electron chi connectivity index (χ2n) is 7.39. The van der Waals surface area contributed by atoms with Crippen molar-refractivity contribution in [2.75, 3.05) is 6.54 Å². The van der Waals surface area contributed by atoms with Crippen LogP contribution in [0.15, 0.2) is 50.2 Å². The summed E-state index contributed by atoms with van der Waals surface area (Å²) >= 11 is 7.82. The Kier molecular flexibility index (Phi) is 8.19. The number of carbonyl (C=O) groups is 3. The summed E-state index contributed by atoms with van der Waals surface area (Å²) in [6, 6.07) is 11.7. The molecule has 3 rings (SSSR count). The smallest absolute Gasteiger partial charge is 0.326 e. The number of ether oxygens (including phenoxy) is 2. The Balaban J connectivity index is 1.73. The lowest BCUT2D eigenvalue weighted by atomic mass is 10.1. The molecule has 2 aromatic carbocycles. The third-order valence-corrected chi connectivity index (χ3v) is 6.44. The summed E-state index contributed by atoms with van der Waals surface area (Å²) < 4.78 is 12.4. The zero-order valence-electron chi connectivity index (χ0n) is 17.7. The van der Waals surface area contributed by atoms with Crippen LogP contribution in [-0.2, 0) is 20.9 Å². The van der Waals surface area contributed by atoms with Gasteiger partial charge in [-0.1, -0.05) is 29.8 Å². The highest BCUT2D eigenvalue weighted by Gasteiger charge is 2.36. The van der Waals surface area contributed by atoms with E-state index in [9.17, 15) is 14.4 Å². The number of nitrogens with zero attached hydrogens (tertiary/aromatic N) is 1. The van der Waals surface area contributed by atoms with Gasteiger partial charge in [0, 0.05) is 0 Å². The normalized spacial score (nSPS) is 15.1. The van der Waals surface area contributed by atoms with Crippen LogP contribution in [0.5, 0.6) is 5.75 Å². The van der Waals surface area contributed by atoms with Crippen LogP contribution in [-0.4, -0.2) is 34.7 Å².